The maximum absolute atomic E-state index is 12.9. The summed E-state index contributed by atoms with van der Waals surface area (Å²) in [6.07, 6.45) is 3.52. The third kappa shape index (κ3) is 3.65. The second-order valence-corrected chi connectivity index (χ2v) is 6.85. The van der Waals surface area contributed by atoms with Gasteiger partial charge in [-0.05, 0) is 30.5 Å². The van der Waals surface area contributed by atoms with E-state index in [9.17, 15) is 4.79 Å². The lowest BCUT2D eigenvalue weighted by atomic mass is 10.1. The van der Waals surface area contributed by atoms with Crippen LogP contribution < -0.4 is 11.1 Å². The highest BCUT2D eigenvalue weighted by Crippen LogP contribution is 2.25. The SMILES string of the molecule is CSc1nc(NC(=O)c2ccnc3ccccc23)cc(-c2cccc(N)c2)n1. The lowest BCUT2D eigenvalue weighted by molar-refractivity contribution is 0.102. The average molecular weight is 387 g/mol. The van der Waals surface area contributed by atoms with Gasteiger partial charge in [-0.1, -0.05) is 42.1 Å². The lowest BCUT2D eigenvalue weighted by Crippen LogP contribution is -2.14. The number of fused-ring (bicyclic) bond motifs is 1. The number of carbonyl (C=O) groups is 1. The van der Waals surface area contributed by atoms with Crippen LogP contribution in [0.2, 0.25) is 0 Å². The molecule has 0 aliphatic heterocycles. The van der Waals surface area contributed by atoms with Gasteiger partial charge < -0.3 is 11.1 Å². The van der Waals surface area contributed by atoms with Gasteiger partial charge in [0.25, 0.3) is 5.91 Å². The highest BCUT2D eigenvalue weighted by atomic mass is 32.2. The molecule has 0 bridgehead atoms. The molecule has 0 saturated heterocycles. The topological polar surface area (TPSA) is 93.8 Å². The number of nitrogen functional groups attached to an aromatic ring is 1. The Bertz CT molecular complexity index is 1170. The number of hydrogen-bond acceptors (Lipinski definition) is 6. The number of para-hydroxylation sites is 1. The monoisotopic (exact) mass is 387 g/mol. The van der Waals surface area contributed by atoms with Gasteiger partial charge in [0.2, 0.25) is 0 Å². The normalized spacial score (nSPS) is 10.8. The van der Waals surface area contributed by atoms with E-state index in [-0.39, 0.29) is 5.91 Å². The molecular formula is C21H17N5OS. The van der Waals surface area contributed by atoms with Gasteiger partial charge in [0.1, 0.15) is 5.82 Å². The van der Waals surface area contributed by atoms with Crippen molar-refractivity contribution in [3.8, 4) is 11.3 Å². The fourth-order valence-electron chi connectivity index (χ4n) is 2.90. The van der Waals surface area contributed by atoms with Crippen molar-refractivity contribution < 1.29 is 4.79 Å². The first kappa shape index (κ1) is 17.9. The Kier molecular flexibility index (Phi) is 4.90. The predicted molar refractivity (Wildman–Crippen MR) is 113 cm³/mol. The minimum Gasteiger partial charge on any atom is -0.399 e. The van der Waals surface area contributed by atoms with Crippen LogP contribution in [-0.2, 0) is 0 Å². The second-order valence-electron chi connectivity index (χ2n) is 6.08. The van der Waals surface area contributed by atoms with Gasteiger partial charge >= 0.3 is 0 Å². The van der Waals surface area contributed by atoms with E-state index >= 15 is 0 Å². The Hall–Kier alpha value is -3.45. The predicted octanol–water partition coefficient (Wildman–Crippen LogP) is 4.25. The summed E-state index contributed by atoms with van der Waals surface area (Å²) < 4.78 is 0. The van der Waals surface area contributed by atoms with E-state index in [1.54, 1.807) is 18.3 Å². The maximum atomic E-state index is 12.9. The molecule has 0 aliphatic rings. The number of carbonyl (C=O) groups excluding carboxylic acids is 1. The molecule has 28 heavy (non-hydrogen) atoms. The molecule has 4 aromatic rings. The van der Waals surface area contributed by atoms with Crippen LogP contribution in [0.4, 0.5) is 11.5 Å². The van der Waals surface area contributed by atoms with E-state index in [4.69, 9.17) is 5.73 Å². The number of nitrogens with zero attached hydrogens (tertiary/aromatic N) is 3. The van der Waals surface area contributed by atoms with Gasteiger partial charge in [0, 0.05) is 28.9 Å². The van der Waals surface area contributed by atoms with Gasteiger partial charge in [-0.3, -0.25) is 9.78 Å². The van der Waals surface area contributed by atoms with Gasteiger partial charge in [0.15, 0.2) is 5.16 Å². The molecule has 0 saturated carbocycles. The van der Waals surface area contributed by atoms with Crippen LogP contribution in [0.1, 0.15) is 10.4 Å². The van der Waals surface area contributed by atoms with E-state index in [1.165, 1.54) is 11.8 Å². The van der Waals surface area contributed by atoms with E-state index in [1.807, 2.05) is 54.8 Å². The Morgan fingerprint density at radius 2 is 1.89 bits per heavy atom. The molecule has 2 aromatic heterocycles. The highest BCUT2D eigenvalue weighted by Gasteiger charge is 2.13. The van der Waals surface area contributed by atoms with Gasteiger partial charge in [-0.25, -0.2) is 9.97 Å². The second kappa shape index (κ2) is 7.66. The molecule has 0 unspecified atom stereocenters. The number of amides is 1. The molecule has 2 aromatic carbocycles. The quantitative estimate of drug-likeness (QED) is 0.309. The molecular weight excluding hydrogens is 370 g/mol. The molecule has 4 rings (SSSR count). The van der Waals surface area contributed by atoms with E-state index in [0.717, 1.165) is 16.5 Å². The summed E-state index contributed by atoms with van der Waals surface area (Å²) in [5.41, 5.74) is 9.41. The molecule has 0 spiro atoms. The Labute approximate surface area is 166 Å². The van der Waals surface area contributed by atoms with Gasteiger partial charge in [-0.15, -0.1) is 0 Å². The van der Waals surface area contributed by atoms with Gasteiger partial charge in [-0.2, -0.15) is 0 Å². The Morgan fingerprint density at radius 3 is 2.71 bits per heavy atom. The zero-order chi connectivity index (χ0) is 19.5. The standard InChI is InChI=1S/C21H17N5OS/c1-28-21-24-18(13-5-4-6-14(22)11-13)12-19(26-21)25-20(27)16-9-10-23-17-8-3-2-7-15(16)17/h2-12H,22H2,1H3,(H,24,25,26,27). The van der Waals surface area contributed by atoms with Crippen molar-refractivity contribution in [2.75, 3.05) is 17.3 Å². The summed E-state index contributed by atoms with van der Waals surface area (Å²) in [5, 5.41) is 4.24. The summed E-state index contributed by atoms with van der Waals surface area (Å²) in [5.74, 6) is 0.186. The Morgan fingerprint density at radius 1 is 1.04 bits per heavy atom. The smallest absolute Gasteiger partial charge is 0.257 e. The van der Waals surface area contributed by atoms with Crippen molar-refractivity contribution in [2.24, 2.45) is 0 Å². The lowest BCUT2D eigenvalue weighted by Gasteiger charge is -2.10. The summed E-state index contributed by atoms with van der Waals surface area (Å²) in [4.78, 5) is 26.2. The van der Waals surface area contributed by atoms with Crippen LogP contribution in [0.25, 0.3) is 22.2 Å². The minimum absolute atomic E-state index is 0.247. The van der Waals surface area contributed by atoms with Crippen LogP contribution in [0, 0.1) is 0 Å². The number of rotatable bonds is 4. The number of nitrogens with two attached hydrogens (primary N) is 1. The number of hydrogen-bond donors (Lipinski definition) is 2. The maximum Gasteiger partial charge on any atom is 0.257 e. The zero-order valence-corrected chi connectivity index (χ0v) is 15.9. The van der Waals surface area contributed by atoms with Crippen molar-refractivity contribution in [3.63, 3.8) is 0 Å². The fraction of sp³-hybridized carbons (Fsp3) is 0.0476. The number of benzene rings is 2. The van der Waals surface area contributed by atoms with E-state index < -0.39 is 0 Å². The molecule has 7 heteroatoms. The van der Waals surface area contributed by atoms with Crippen molar-refractivity contribution in [2.45, 2.75) is 5.16 Å². The number of anilines is 2. The first-order chi connectivity index (χ1) is 13.6. The average Bonchev–Trinajstić information content (AvgIpc) is 2.73. The van der Waals surface area contributed by atoms with Crippen molar-refractivity contribution in [3.05, 3.63) is 72.4 Å². The third-order valence-corrected chi connectivity index (χ3v) is 4.75. The molecule has 2 heterocycles. The first-order valence-corrected chi connectivity index (χ1v) is 9.80. The molecule has 0 aliphatic carbocycles. The number of nitrogens with one attached hydrogen (secondary N) is 1. The van der Waals surface area contributed by atoms with E-state index in [2.05, 4.69) is 20.3 Å². The molecule has 3 N–H and O–H groups in total. The number of pyridine rings is 1. The molecule has 0 radical (unpaired) electrons. The third-order valence-electron chi connectivity index (χ3n) is 4.21. The van der Waals surface area contributed by atoms with Crippen molar-refractivity contribution in [1.29, 1.82) is 0 Å². The van der Waals surface area contributed by atoms with Crippen LogP contribution >= 0.6 is 11.8 Å². The zero-order valence-electron chi connectivity index (χ0n) is 15.1. The summed E-state index contributed by atoms with van der Waals surface area (Å²) in [6.45, 7) is 0. The molecule has 0 fully saturated rings. The number of aromatic nitrogens is 3. The van der Waals surface area contributed by atoms with Crippen LogP contribution in [0.3, 0.4) is 0 Å². The van der Waals surface area contributed by atoms with Gasteiger partial charge in [0.05, 0.1) is 16.8 Å². The first-order valence-electron chi connectivity index (χ1n) is 8.58. The van der Waals surface area contributed by atoms with Crippen molar-refractivity contribution >= 4 is 40.1 Å². The molecule has 6 nitrogen and oxygen atoms in total. The van der Waals surface area contributed by atoms with Crippen molar-refractivity contribution in [1.82, 2.24) is 15.0 Å². The van der Waals surface area contributed by atoms with Crippen LogP contribution in [0.15, 0.2) is 72.0 Å². The van der Waals surface area contributed by atoms with Crippen LogP contribution in [0.5, 0.6) is 0 Å². The van der Waals surface area contributed by atoms with Crippen LogP contribution in [-0.4, -0.2) is 27.1 Å². The number of thioether (sulfide) groups is 1. The largest absolute Gasteiger partial charge is 0.399 e. The molecule has 0 atom stereocenters. The minimum atomic E-state index is -0.247. The van der Waals surface area contributed by atoms with E-state index in [0.29, 0.717) is 27.9 Å². The molecule has 1 amide bonds. The Balaban J connectivity index is 1.71. The summed E-state index contributed by atoms with van der Waals surface area (Å²) in [7, 11) is 0. The molecule has 138 valence electrons. The summed E-state index contributed by atoms with van der Waals surface area (Å²) >= 11 is 1.41. The highest BCUT2D eigenvalue weighted by molar-refractivity contribution is 7.98. The summed E-state index contributed by atoms with van der Waals surface area (Å²) in [6, 6.07) is 18.4. The fourth-order valence-corrected chi connectivity index (χ4v) is 3.28.